The minimum Gasteiger partial charge on any atom is -0.492 e. The van der Waals surface area contributed by atoms with Gasteiger partial charge in [-0.05, 0) is 35.2 Å². The molecule has 3 aromatic carbocycles. The predicted octanol–water partition coefficient (Wildman–Crippen LogP) is 6.03. The molecule has 0 unspecified atom stereocenters. The summed E-state index contributed by atoms with van der Waals surface area (Å²) in [5.74, 6) is 1.09. The van der Waals surface area contributed by atoms with Crippen LogP contribution in [0.15, 0.2) is 83.3 Å². The number of nitrogens with zero attached hydrogens (tertiary/aromatic N) is 2. The smallest absolute Gasteiger partial charge is 0.257 e. The zero-order chi connectivity index (χ0) is 23.2. The molecular weight excluding hydrogens is 476 g/mol. The highest BCUT2D eigenvalue weighted by Gasteiger charge is 2.29. The fourth-order valence-corrected chi connectivity index (χ4v) is 4.65. The molecule has 1 fully saturated rings. The van der Waals surface area contributed by atoms with Gasteiger partial charge in [-0.25, -0.2) is 0 Å². The van der Waals surface area contributed by atoms with Gasteiger partial charge in [0.05, 0.1) is 18.2 Å². The average molecular weight is 507 g/mol. The maximum atomic E-state index is 13.4. The summed E-state index contributed by atoms with van der Waals surface area (Å²) in [7, 11) is 0. The Labute approximate surface area is 205 Å². The summed E-state index contributed by atoms with van der Waals surface area (Å²) < 4.78 is 6.85. The maximum Gasteiger partial charge on any atom is 0.257 e. The van der Waals surface area contributed by atoms with Crippen LogP contribution in [0.5, 0.6) is 5.75 Å². The number of carbonyl (C=O) groups excluding carboxylic acids is 1. The van der Waals surface area contributed by atoms with Gasteiger partial charge in [-0.15, -0.1) is 0 Å². The van der Waals surface area contributed by atoms with Crippen molar-refractivity contribution >= 4 is 21.8 Å². The number of piperazine rings is 1. The van der Waals surface area contributed by atoms with Crippen molar-refractivity contribution in [3.05, 3.63) is 100 Å². The Balaban J connectivity index is 1.50. The maximum absolute atomic E-state index is 13.4. The zero-order valence-electron chi connectivity index (χ0n) is 19.3. The van der Waals surface area contributed by atoms with E-state index >= 15 is 0 Å². The van der Waals surface area contributed by atoms with Gasteiger partial charge in [0.15, 0.2) is 0 Å². The normalized spacial score (nSPS) is 14.6. The van der Waals surface area contributed by atoms with Gasteiger partial charge in [-0.3, -0.25) is 9.69 Å². The molecule has 3 aromatic rings. The van der Waals surface area contributed by atoms with Gasteiger partial charge in [-0.2, -0.15) is 0 Å². The minimum atomic E-state index is 0.0330. The molecule has 0 atom stereocenters. The lowest BCUT2D eigenvalue weighted by atomic mass is 9.96. The van der Waals surface area contributed by atoms with Crippen molar-refractivity contribution in [2.24, 2.45) is 5.92 Å². The molecule has 0 aliphatic carbocycles. The zero-order valence-corrected chi connectivity index (χ0v) is 20.9. The lowest BCUT2D eigenvalue weighted by Crippen LogP contribution is -2.50. The monoisotopic (exact) mass is 506 g/mol. The number of hydrogen-bond acceptors (Lipinski definition) is 3. The summed E-state index contributed by atoms with van der Waals surface area (Å²) in [4.78, 5) is 17.9. The van der Waals surface area contributed by atoms with Crippen molar-refractivity contribution in [3.63, 3.8) is 0 Å². The molecule has 0 bridgehead atoms. The third kappa shape index (κ3) is 5.84. The Morgan fingerprint density at radius 3 is 2.00 bits per heavy atom. The predicted molar refractivity (Wildman–Crippen MR) is 137 cm³/mol. The van der Waals surface area contributed by atoms with Crippen LogP contribution in [-0.4, -0.2) is 48.5 Å². The first-order valence-electron chi connectivity index (χ1n) is 11.6. The molecule has 1 heterocycles. The van der Waals surface area contributed by atoms with Gasteiger partial charge in [0.2, 0.25) is 0 Å². The molecule has 33 heavy (non-hydrogen) atoms. The summed E-state index contributed by atoms with van der Waals surface area (Å²) in [6.45, 7) is 7.81. The van der Waals surface area contributed by atoms with E-state index in [4.69, 9.17) is 4.74 Å². The summed E-state index contributed by atoms with van der Waals surface area (Å²) in [5.41, 5.74) is 3.18. The Bertz CT molecular complexity index is 1010. The van der Waals surface area contributed by atoms with E-state index in [1.54, 1.807) is 0 Å². The number of carbonyl (C=O) groups is 1. The van der Waals surface area contributed by atoms with Crippen molar-refractivity contribution in [3.8, 4) is 5.75 Å². The second kappa shape index (κ2) is 11.0. The Hall–Kier alpha value is -2.63. The fourth-order valence-electron chi connectivity index (χ4n) is 4.29. The van der Waals surface area contributed by atoms with Crippen molar-refractivity contribution in [1.29, 1.82) is 0 Å². The third-order valence-electron chi connectivity index (χ3n) is 5.94. The molecule has 0 N–H and O–H groups in total. The van der Waals surface area contributed by atoms with E-state index < -0.39 is 0 Å². The Morgan fingerprint density at radius 1 is 0.879 bits per heavy atom. The van der Waals surface area contributed by atoms with Crippen molar-refractivity contribution in [2.75, 3.05) is 32.8 Å². The summed E-state index contributed by atoms with van der Waals surface area (Å²) in [5, 5.41) is 0. The summed E-state index contributed by atoms with van der Waals surface area (Å²) >= 11 is 3.51. The van der Waals surface area contributed by atoms with Crippen LogP contribution in [0.25, 0.3) is 0 Å². The fraction of sp³-hybridized carbons (Fsp3) is 0.321. The van der Waals surface area contributed by atoms with Gasteiger partial charge >= 0.3 is 0 Å². The van der Waals surface area contributed by atoms with Crippen LogP contribution in [0.1, 0.15) is 41.4 Å². The molecule has 1 amide bonds. The lowest BCUT2D eigenvalue weighted by Gasteiger charge is -2.40. The number of halogens is 1. The first kappa shape index (κ1) is 23.5. The molecule has 172 valence electrons. The van der Waals surface area contributed by atoms with Gasteiger partial charge in [-0.1, -0.05) is 90.4 Å². The quantitative estimate of drug-likeness (QED) is 0.392. The molecule has 0 saturated carbocycles. The van der Waals surface area contributed by atoms with Crippen LogP contribution in [0.2, 0.25) is 0 Å². The third-order valence-corrected chi connectivity index (χ3v) is 6.43. The topological polar surface area (TPSA) is 32.8 Å². The van der Waals surface area contributed by atoms with Crippen molar-refractivity contribution < 1.29 is 9.53 Å². The molecule has 0 spiro atoms. The highest BCUT2D eigenvalue weighted by Crippen LogP contribution is 2.31. The van der Waals surface area contributed by atoms with Crippen LogP contribution in [-0.2, 0) is 0 Å². The van der Waals surface area contributed by atoms with E-state index in [2.05, 4.69) is 95.3 Å². The van der Waals surface area contributed by atoms with Crippen LogP contribution in [0, 0.1) is 5.92 Å². The number of ether oxygens (including phenoxy) is 1. The first-order valence-corrected chi connectivity index (χ1v) is 12.4. The molecule has 1 aliphatic rings. The highest BCUT2D eigenvalue weighted by atomic mass is 79.9. The van der Waals surface area contributed by atoms with Crippen LogP contribution >= 0.6 is 15.9 Å². The van der Waals surface area contributed by atoms with E-state index in [1.807, 2.05) is 23.1 Å². The Kier molecular flexibility index (Phi) is 7.84. The van der Waals surface area contributed by atoms with Crippen LogP contribution in [0.3, 0.4) is 0 Å². The molecule has 1 saturated heterocycles. The van der Waals surface area contributed by atoms with Crippen LogP contribution in [0.4, 0.5) is 0 Å². The van der Waals surface area contributed by atoms with Gasteiger partial charge in [0, 0.05) is 30.7 Å². The molecule has 4 nitrogen and oxygen atoms in total. The van der Waals surface area contributed by atoms with E-state index in [0.717, 1.165) is 17.6 Å². The van der Waals surface area contributed by atoms with E-state index in [1.165, 1.54) is 11.1 Å². The molecule has 0 aromatic heterocycles. The van der Waals surface area contributed by atoms with Gasteiger partial charge in [0.25, 0.3) is 5.91 Å². The second-order valence-electron chi connectivity index (χ2n) is 8.90. The molecular formula is C28H31BrN2O2. The second-order valence-corrected chi connectivity index (χ2v) is 9.81. The number of benzene rings is 3. The summed E-state index contributed by atoms with van der Waals surface area (Å²) in [6.07, 6.45) is 0. The minimum absolute atomic E-state index is 0.0330. The SMILES string of the molecule is CC(C)COc1ccc(Br)cc1C(=O)N1CCN(C(c2ccccc2)c2ccccc2)CC1. The average Bonchev–Trinajstić information content (AvgIpc) is 2.85. The van der Waals surface area contributed by atoms with Crippen molar-refractivity contribution in [2.45, 2.75) is 19.9 Å². The Morgan fingerprint density at radius 2 is 1.45 bits per heavy atom. The van der Waals surface area contributed by atoms with Gasteiger partial charge < -0.3 is 9.64 Å². The molecule has 1 aliphatic heterocycles. The standard InChI is InChI=1S/C28H31BrN2O2/c1-21(2)20-33-26-14-13-24(29)19-25(26)28(32)31-17-15-30(16-18-31)27(22-9-5-3-6-10-22)23-11-7-4-8-12-23/h3-14,19,21,27H,15-18,20H2,1-2H3. The van der Waals surface area contributed by atoms with Gasteiger partial charge in [0.1, 0.15) is 5.75 Å². The summed E-state index contributed by atoms with van der Waals surface area (Å²) in [6, 6.07) is 27.1. The number of hydrogen-bond donors (Lipinski definition) is 0. The highest BCUT2D eigenvalue weighted by molar-refractivity contribution is 9.10. The van der Waals surface area contributed by atoms with Crippen molar-refractivity contribution in [1.82, 2.24) is 9.80 Å². The van der Waals surface area contributed by atoms with E-state index in [0.29, 0.717) is 36.9 Å². The number of rotatable bonds is 7. The molecule has 4 rings (SSSR count). The molecule has 0 radical (unpaired) electrons. The first-order chi connectivity index (χ1) is 16.0. The largest absolute Gasteiger partial charge is 0.492 e. The van der Waals surface area contributed by atoms with E-state index in [9.17, 15) is 4.79 Å². The van der Waals surface area contributed by atoms with E-state index in [-0.39, 0.29) is 11.9 Å². The molecule has 5 heteroatoms. The lowest BCUT2D eigenvalue weighted by molar-refractivity contribution is 0.0592. The number of amides is 1. The van der Waals surface area contributed by atoms with Crippen LogP contribution < -0.4 is 4.74 Å².